The van der Waals surface area contributed by atoms with E-state index >= 15 is 0 Å². The fraction of sp³-hybridized carbons (Fsp3) is 0.214. The van der Waals surface area contributed by atoms with Crippen molar-refractivity contribution in [1.82, 2.24) is 4.90 Å². The summed E-state index contributed by atoms with van der Waals surface area (Å²) in [6, 6.07) is 23.6. The number of carbonyl (C=O) groups excluding carboxylic acids is 1. The molecule has 1 aliphatic rings. The van der Waals surface area contributed by atoms with Crippen LogP contribution in [0.15, 0.2) is 82.7 Å². The summed E-state index contributed by atoms with van der Waals surface area (Å²) in [5, 5.41) is 1.12. The Morgan fingerprint density at radius 1 is 0.943 bits per heavy atom. The quantitative estimate of drug-likeness (QED) is 0.299. The molecule has 0 saturated carbocycles. The molecule has 0 bridgehead atoms. The average Bonchev–Trinajstić information content (AvgIpc) is 3.15. The first-order valence-electron chi connectivity index (χ1n) is 11.5. The van der Waals surface area contributed by atoms with Crippen LogP contribution < -0.4 is 9.47 Å². The van der Waals surface area contributed by atoms with Gasteiger partial charge in [0.25, 0.3) is 5.91 Å². The van der Waals surface area contributed by atoms with Gasteiger partial charge in [-0.1, -0.05) is 72.3 Å². The van der Waals surface area contributed by atoms with E-state index in [1.165, 1.54) is 11.8 Å². The van der Waals surface area contributed by atoms with Crippen LogP contribution in [0, 0.1) is 0 Å². The molecule has 0 radical (unpaired) electrons. The molecule has 7 heteroatoms. The van der Waals surface area contributed by atoms with Gasteiger partial charge in [-0.2, -0.15) is 0 Å². The second-order valence-electron chi connectivity index (χ2n) is 7.77. The van der Waals surface area contributed by atoms with Crippen LogP contribution in [0.25, 0.3) is 6.08 Å². The first-order valence-corrected chi connectivity index (χ1v) is 12.7. The molecule has 1 heterocycles. The molecular weight excluding hydrogens is 480 g/mol. The SMILES string of the molecule is CCOc1cc(/C=C2/SC(=NCc3ccccc3)N(Cc3ccccc3)C2=O)cc(Cl)c1OCC. The number of halogens is 1. The van der Waals surface area contributed by atoms with Gasteiger partial charge in [-0.15, -0.1) is 0 Å². The van der Waals surface area contributed by atoms with Gasteiger partial charge in [0, 0.05) is 0 Å². The Morgan fingerprint density at radius 3 is 2.26 bits per heavy atom. The average molecular weight is 507 g/mol. The topological polar surface area (TPSA) is 51.1 Å². The number of hydrogen-bond acceptors (Lipinski definition) is 5. The number of nitrogens with zero attached hydrogens (tertiary/aromatic N) is 2. The lowest BCUT2D eigenvalue weighted by Gasteiger charge is -2.16. The van der Waals surface area contributed by atoms with Crippen molar-refractivity contribution in [3.05, 3.63) is 99.4 Å². The Labute approximate surface area is 215 Å². The monoisotopic (exact) mass is 506 g/mol. The zero-order valence-electron chi connectivity index (χ0n) is 19.7. The summed E-state index contributed by atoms with van der Waals surface area (Å²) < 4.78 is 11.4. The lowest BCUT2D eigenvalue weighted by atomic mass is 10.1. The zero-order chi connectivity index (χ0) is 24.6. The van der Waals surface area contributed by atoms with Crippen LogP contribution in [0.4, 0.5) is 0 Å². The Morgan fingerprint density at radius 2 is 1.60 bits per heavy atom. The molecule has 1 amide bonds. The fourth-order valence-electron chi connectivity index (χ4n) is 3.64. The molecule has 0 spiro atoms. The van der Waals surface area contributed by atoms with E-state index in [4.69, 9.17) is 26.1 Å². The van der Waals surface area contributed by atoms with Gasteiger partial charge < -0.3 is 9.47 Å². The molecule has 3 aromatic rings. The van der Waals surface area contributed by atoms with E-state index < -0.39 is 0 Å². The number of amidine groups is 1. The van der Waals surface area contributed by atoms with Gasteiger partial charge in [-0.3, -0.25) is 14.7 Å². The van der Waals surface area contributed by atoms with Gasteiger partial charge in [-0.05, 0) is 60.5 Å². The number of ether oxygens (including phenoxy) is 2. The minimum Gasteiger partial charge on any atom is -0.490 e. The van der Waals surface area contributed by atoms with Crippen LogP contribution in [0.1, 0.15) is 30.5 Å². The van der Waals surface area contributed by atoms with E-state index in [1.54, 1.807) is 11.0 Å². The number of benzene rings is 3. The molecule has 3 aromatic carbocycles. The maximum Gasteiger partial charge on any atom is 0.267 e. The highest BCUT2D eigenvalue weighted by molar-refractivity contribution is 8.18. The molecule has 4 rings (SSSR count). The minimum absolute atomic E-state index is 0.0892. The number of aliphatic imine (C=N–C) groups is 1. The van der Waals surface area contributed by atoms with Gasteiger partial charge in [0.15, 0.2) is 16.7 Å². The highest BCUT2D eigenvalue weighted by Gasteiger charge is 2.33. The van der Waals surface area contributed by atoms with Gasteiger partial charge in [0.2, 0.25) is 0 Å². The van der Waals surface area contributed by atoms with Crippen molar-refractivity contribution in [1.29, 1.82) is 0 Å². The van der Waals surface area contributed by atoms with E-state index in [9.17, 15) is 4.79 Å². The van der Waals surface area contributed by atoms with Crippen molar-refractivity contribution in [2.75, 3.05) is 13.2 Å². The van der Waals surface area contributed by atoms with Gasteiger partial charge in [-0.25, -0.2) is 0 Å². The maximum atomic E-state index is 13.5. The number of amides is 1. The van der Waals surface area contributed by atoms with Crippen LogP contribution in [-0.4, -0.2) is 29.2 Å². The summed E-state index contributed by atoms with van der Waals surface area (Å²) in [6.07, 6.45) is 1.83. The van der Waals surface area contributed by atoms with Crippen molar-refractivity contribution in [2.24, 2.45) is 4.99 Å². The number of carbonyl (C=O) groups is 1. The molecule has 0 N–H and O–H groups in total. The van der Waals surface area contributed by atoms with E-state index in [2.05, 4.69) is 0 Å². The molecule has 1 saturated heterocycles. The van der Waals surface area contributed by atoms with Gasteiger partial charge in [0.1, 0.15) is 0 Å². The predicted octanol–water partition coefficient (Wildman–Crippen LogP) is 6.81. The van der Waals surface area contributed by atoms with Crippen molar-refractivity contribution < 1.29 is 14.3 Å². The molecule has 35 heavy (non-hydrogen) atoms. The summed E-state index contributed by atoms with van der Waals surface area (Å²) in [4.78, 5) is 20.6. The van der Waals surface area contributed by atoms with Crippen LogP contribution >= 0.6 is 23.4 Å². The number of thioether (sulfide) groups is 1. The van der Waals surface area contributed by atoms with Crippen LogP contribution in [-0.2, 0) is 17.9 Å². The maximum absolute atomic E-state index is 13.5. The van der Waals surface area contributed by atoms with Crippen molar-refractivity contribution in [3.63, 3.8) is 0 Å². The number of rotatable bonds is 9. The Balaban J connectivity index is 1.66. The van der Waals surface area contributed by atoms with Crippen molar-refractivity contribution in [3.8, 4) is 11.5 Å². The predicted molar refractivity (Wildman–Crippen MR) is 144 cm³/mol. The Kier molecular flexibility index (Phi) is 8.50. The molecule has 1 fully saturated rings. The fourth-order valence-corrected chi connectivity index (χ4v) is 4.89. The van der Waals surface area contributed by atoms with Crippen LogP contribution in [0.2, 0.25) is 5.02 Å². The third-order valence-electron chi connectivity index (χ3n) is 5.23. The first-order chi connectivity index (χ1) is 17.1. The molecule has 5 nitrogen and oxygen atoms in total. The smallest absolute Gasteiger partial charge is 0.267 e. The summed E-state index contributed by atoms with van der Waals surface area (Å²) >= 11 is 7.87. The Hall–Kier alpha value is -3.22. The molecule has 0 aliphatic carbocycles. The molecule has 0 aromatic heterocycles. The molecule has 0 atom stereocenters. The molecule has 0 unspecified atom stereocenters. The summed E-state index contributed by atoms with van der Waals surface area (Å²) in [5.74, 6) is 0.983. The van der Waals surface area contributed by atoms with E-state index in [0.29, 0.717) is 52.9 Å². The summed E-state index contributed by atoms with van der Waals surface area (Å²) in [7, 11) is 0. The van der Waals surface area contributed by atoms with Crippen LogP contribution in [0.3, 0.4) is 0 Å². The summed E-state index contributed by atoms with van der Waals surface area (Å²) in [5.41, 5.74) is 2.89. The lowest BCUT2D eigenvalue weighted by Crippen LogP contribution is -2.28. The second kappa shape index (κ2) is 12.0. The van der Waals surface area contributed by atoms with E-state index in [1.807, 2.05) is 86.7 Å². The highest BCUT2D eigenvalue weighted by atomic mass is 35.5. The highest BCUT2D eigenvalue weighted by Crippen LogP contribution is 2.39. The van der Waals surface area contributed by atoms with Crippen molar-refractivity contribution in [2.45, 2.75) is 26.9 Å². The third-order valence-corrected chi connectivity index (χ3v) is 6.55. The van der Waals surface area contributed by atoms with E-state index in [-0.39, 0.29) is 5.91 Å². The molecule has 180 valence electrons. The first kappa shape index (κ1) is 24.9. The second-order valence-corrected chi connectivity index (χ2v) is 9.18. The van der Waals surface area contributed by atoms with Crippen LogP contribution in [0.5, 0.6) is 11.5 Å². The number of hydrogen-bond donors (Lipinski definition) is 0. The zero-order valence-corrected chi connectivity index (χ0v) is 21.3. The molecular formula is C28H27ClN2O3S. The minimum atomic E-state index is -0.0892. The summed E-state index contributed by atoms with van der Waals surface area (Å²) in [6.45, 7) is 5.70. The lowest BCUT2D eigenvalue weighted by molar-refractivity contribution is -0.122. The van der Waals surface area contributed by atoms with E-state index in [0.717, 1.165) is 16.7 Å². The normalized spacial score (nSPS) is 15.7. The van der Waals surface area contributed by atoms with Gasteiger partial charge in [0.05, 0.1) is 36.2 Å². The van der Waals surface area contributed by atoms with Gasteiger partial charge >= 0.3 is 0 Å². The third kappa shape index (κ3) is 6.27. The molecule has 1 aliphatic heterocycles. The van der Waals surface area contributed by atoms with Crippen molar-refractivity contribution >= 4 is 40.5 Å². The standard InChI is InChI=1S/C28H27ClN2O3S/c1-3-33-24-16-22(15-23(29)26(24)34-4-2)17-25-27(32)31(19-21-13-9-6-10-14-21)28(35-25)30-18-20-11-7-5-8-12-20/h5-17H,3-4,18-19H2,1-2H3/b25-17+,30-28?. The largest absolute Gasteiger partial charge is 0.490 e. The Bertz CT molecular complexity index is 1230.